The lowest BCUT2D eigenvalue weighted by Gasteiger charge is -2.57. The quantitative estimate of drug-likeness (QED) is 0.655. The van der Waals surface area contributed by atoms with Gasteiger partial charge in [0, 0.05) is 17.2 Å². The largest absolute Gasteiger partial charge is 0.451 e. The van der Waals surface area contributed by atoms with Crippen LogP contribution in [0.2, 0.25) is 0 Å². The van der Waals surface area contributed by atoms with Crippen molar-refractivity contribution in [3.8, 4) is 0 Å². The molecule has 0 aromatic rings. The summed E-state index contributed by atoms with van der Waals surface area (Å²) in [6, 6.07) is 0. The average molecular weight is 370 g/mol. The van der Waals surface area contributed by atoms with E-state index in [1.54, 1.807) is 11.6 Å². The Balaban J connectivity index is 0.00000160. The minimum atomic E-state index is -0.318. The molecule has 1 heterocycles. The first-order chi connectivity index (χ1) is 12.5. The van der Waals surface area contributed by atoms with E-state index in [9.17, 15) is 4.79 Å². The smallest absolute Gasteiger partial charge is 0.331 e. The number of allylic oxidation sites excluding steroid dienone is 2. The topological polar surface area (TPSA) is 81.7 Å². The van der Waals surface area contributed by atoms with Gasteiger partial charge in [0.15, 0.2) is 0 Å². The van der Waals surface area contributed by atoms with E-state index in [0.717, 1.165) is 36.3 Å². The molecule has 4 saturated carbocycles. The maximum absolute atomic E-state index is 11.9. The van der Waals surface area contributed by atoms with Crippen LogP contribution < -0.4 is 0 Å². The van der Waals surface area contributed by atoms with Crippen molar-refractivity contribution in [1.29, 1.82) is 5.41 Å². The lowest BCUT2D eigenvalue weighted by atomic mass is 9.48. The fraction of sp³-hybridized carbons (Fsp3) is 0.739. The number of ether oxygens (including phenoxy) is 1. The average Bonchev–Trinajstić information content (AvgIpc) is 3.19. The van der Waals surface area contributed by atoms with Gasteiger partial charge in [-0.05, 0) is 99.0 Å². The van der Waals surface area contributed by atoms with Gasteiger partial charge in [0.25, 0.3) is 0 Å². The van der Waals surface area contributed by atoms with Crippen molar-refractivity contribution in [2.24, 2.45) is 34.5 Å². The van der Waals surface area contributed by atoms with E-state index in [4.69, 9.17) is 10.1 Å². The zero-order chi connectivity index (χ0) is 17.7. The highest BCUT2D eigenvalue weighted by molar-refractivity contribution is 5.94. The molecule has 5 aliphatic carbocycles. The second-order valence-electron chi connectivity index (χ2n) is 10.3. The first-order valence-electron chi connectivity index (χ1n) is 10.7. The predicted molar refractivity (Wildman–Crippen MR) is 103 cm³/mol. The molecule has 0 radical (unpaired) electrons. The molecule has 0 amide bonds. The molecule has 2 spiro atoms. The molecule has 4 nitrogen and oxygen atoms in total. The minimum Gasteiger partial charge on any atom is -0.451 e. The first kappa shape index (κ1) is 17.7. The van der Waals surface area contributed by atoms with E-state index in [0.29, 0.717) is 11.3 Å². The molecule has 27 heavy (non-hydrogen) atoms. The van der Waals surface area contributed by atoms with Crippen molar-refractivity contribution >= 4 is 11.7 Å². The Labute approximate surface area is 161 Å². The maximum Gasteiger partial charge on any atom is 0.331 e. The van der Waals surface area contributed by atoms with Gasteiger partial charge < -0.3 is 15.6 Å². The fourth-order valence-electron chi connectivity index (χ4n) is 8.07. The van der Waals surface area contributed by atoms with Crippen LogP contribution in [0.5, 0.6) is 0 Å². The van der Waals surface area contributed by atoms with Crippen LogP contribution in [0.4, 0.5) is 0 Å². The SMILES string of the molecule is C[C@]12CCC3C(CC4(CC4)C4=CC(=N)CC[C@@H]43)C1CC[C@@]21C=CC(=O)O1.O. The molecule has 146 valence electrons. The third kappa shape index (κ3) is 2.08. The van der Waals surface area contributed by atoms with Gasteiger partial charge in [-0.2, -0.15) is 0 Å². The van der Waals surface area contributed by atoms with Crippen molar-refractivity contribution in [3.05, 3.63) is 23.8 Å². The number of rotatable bonds is 0. The Hall–Kier alpha value is -1.42. The van der Waals surface area contributed by atoms with Gasteiger partial charge in [-0.3, -0.25) is 0 Å². The normalized spacial score (nSPS) is 48.4. The zero-order valence-electron chi connectivity index (χ0n) is 16.2. The number of esters is 1. The molecule has 0 aromatic carbocycles. The van der Waals surface area contributed by atoms with E-state index in [2.05, 4.69) is 19.1 Å². The monoisotopic (exact) mass is 369 g/mol. The highest BCUT2D eigenvalue weighted by Gasteiger charge is 2.67. The molecule has 6 atom stereocenters. The Kier molecular flexibility index (Phi) is 3.49. The van der Waals surface area contributed by atoms with Crippen molar-refractivity contribution in [2.45, 2.75) is 70.3 Å². The number of hydrogen-bond acceptors (Lipinski definition) is 3. The molecule has 6 rings (SSSR count). The first-order valence-corrected chi connectivity index (χ1v) is 10.7. The van der Waals surface area contributed by atoms with Crippen molar-refractivity contribution in [2.75, 3.05) is 0 Å². The zero-order valence-corrected chi connectivity index (χ0v) is 16.2. The Bertz CT molecular complexity index is 778. The van der Waals surface area contributed by atoms with Crippen LogP contribution in [-0.2, 0) is 9.53 Å². The van der Waals surface area contributed by atoms with Gasteiger partial charge in [-0.15, -0.1) is 0 Å². The maximum atomic E-state index is 11.9. The molecule has 1 aliphatic heterocycles. The second-order valence-corrected chi connectivity index (χ2v) is 10.3. The van der Waals surface area contributed by atoms with Gasteiger partial charge in [0.05, 0.1) is 0 Å². The highest BCUT2D eigenvalue weighted by atomic mass is 16.6. The van der Waals surface area contributed by atoms with Crippen LogP contribution in [0.25, 0.3) is 0 Å². The Morgan fingerprint density at radius 1 is 1.11 bits per heavy atom. The molecule has 3 N–H and O–H groups in total. The van der Waals surface area contributed by atoms with Crippen molar-refractivity contribution < 1.29 is 15.0 Å². The third-order valence-corrected chi connectivity index (χ3v) is 9.51. The highest BCUT2D eigenvalue weighted by Crippen LogP contribution is 2.72. The van der Waals surface area contributed by atoms with Crippen LogP contribution in [0, 0.1) is 39.9 Å². The summed E-state index contributed by atoms with van der Waals surface area (Å²) in [6.45, 7) is 2.42. The van der Waals surface area contributed by atoms with Crippen LogP contribution in [0.15, 0.2) is 23.8 Å². The summed E-state index contributed by atoms with van der Waals surface area (Å²) in [4.78, 5) is 11.9. The minimum absolute atomic E-state index is 0. The molecule has 4 heteroatoms. The van der Waals surface area contributed by atoms with Gasteiger partial charge in [-0.25, -0.2) is 4.79 Å². The van der Waals surface area contributed by atoms with Gasteiger partial charge in [0.2, 0.25) is 0 Å². The van der Waals surface area contributed by atoms with E-state index < -0.39 is 0 Å². The molecular formula is C23H31NO3. The summed E-state index contributed by atoms with van der Waals surface area (Å²) in [5, 5.41) is 8.19. The standard InChI is InChI=1S/C23H29NO2.H2O/c1-21-7-4-15-16-3-2-14(24)12-19(16)22(10-11-22)13-17(15)18(21)5-8-23(21)9-6-20(25)26-23;/h6,9,12,15-18,24H,2-5,7-8,10-11,13H2,1H3;1H2/t15?,16-,17?,18?,21+,23-;/m1./s1. The molecular weight excluding hydrogens is 338 g/mol. The Morgan fingerprint density at radius 2 is 1.93 bits per heavy atom. The summed E-state index contributed by atoms with van der Waals surface area (Å²) in [6.07, 6.45) is 17.0. The van der Waals surface area contributed by atoms with Gasteiger partial charge >= 0.3 is 5.97 Å². The fourth-order valence-corrected chi connectivity index (χ4v) is 8.07. The van der Waals surface area contributed by atoms with Gasteiger partial charge in [0.1, 0.15) is 5.60 Å². The molecule has 4 fully saturated rings. The second kappa shape index (κ2) is 5.34. The summed E-state index contributed by atoms with van der Waals surface area (Å²) in [5.41, 5.74) is 2.77. The molecule has 0 aromatic heterocycles. The molecule has 0 bridgehead atoms. The number of hydrogen-bond donors (Lipinski definition) is 1. The van der Waals surface area contributed by atoms with Crippen molar-refractivity contribution in [1.82, 2.24) is 0 Å². The summed E-state index contributed by atoms with van der Waals surface area (Å²) >= 11 is 0. The van der Waals surface area contributed by atoms with E-state index in [1.165, 1.54) is 44.9 Å². The van der Waals surface area contributed by atoms with E-state index >= 15 is 0 Å². The summed E-state index contributed by atoms with van der Waals surface area (Å²) in [7, 11) is 0. The lowest BCUT2D eigenvalue weighted by molar-refractivity contribution is -0.161. The van der Waals surface area contributed by atoms with Crippen LogP contribution in [0.1, 0.15) is 64.7 Å². The number of carbonyl (C=O) groups is 1. The lowest BCUT2D eigenvalue weighted by Crippen LogP contribution is -2.53. The van der Waals surface area contributed by atoms with E-state index in [1.807, 2.05) is 0 Å². The van der Waals surface area contributed by atoms with Crippen molar-refractivity contribution in [3.63, 3.8) is 0 Å². The Morgan fingerprint density at radius 3 is 2.63 bits per heavy atom. The van der Waals surface area contributed by atoms with E-state index in [-0.39, 0.29) is 22.5 Å². The molecule has 0 saturated heterocycles. The van der Waals surface area contributed by atoms with Crippen LogP contribution >= 0.6 is 0 Å². The summed E-state index contributed by atoms with van der Waals surface area (Å²) in [5.74, 6) is 2.88. The number of nitrogens with one attached hydrogen (secondary N) is 1. The third-order valence-electron chi connectivity index (χ3n) is 9.51. The number of fused-ring (bicyclic) bond motifs is 7. The molecule has 3 unspecified atom stereocenters. The number of carbonyl (C=O) groups excluding carboxylic acids is 1. The van der Waals surface area contributed by atoms with Gasteiger partial charge in [-0.1, -0.05) is 12.5 Å². The molecule has 6 aliphatic rings. The van der Waals surface area contributed by atoms with Crippen LogP contribution in [0.3, 0.4) is 0 Å². The summed E-state index contributed by atoms with van der Waals surface area (Å²) < 4.78 is 5.96. The van der Waals surface area contributed by atoms with Crippen LogP contribution in [-0.4, -0.2) is 22.8 Å². The predicted octanol–water partition coefficient (Wildman–Crippen LogP) is 4.00.